The molecule has 0 spiro atoms. The van der Waals surface area contributed by atoms with E-state index in [0.29, 0.717) is 5.65 Å². The Morgan fingerprint density at radius 1 is 1.29 bits per heavy atom. The van der Waals surface area contributed by atoms with E-state index in [9.17, 15) is 0 Å². The Labute approximate surface area is 105 Å². The number of hydrogen-bond donors (Lipinski definition) is 1. The quantitative estimate of drug-likeness (QED) is 0.790. The van der Waals surface area contributed by atoms with Crippen molar-refractivity contribution in [2.45, 2.75) is 32.6 Å². The highest BCUT2D eigenvalue weighted by Crippen LogP contribution is 2.33. The minimum atomic E-state index is 0.248. The molecule has 0 aromatic carbocycles. The van der Waals surface area contributed by atoms with Crippen LogP contribution >= 0.6 is 11.6 Å². The van der Waals surface area contributed by atoms with Crippen LogP contribution in [0.1, 0.15) is 38.4 Å². The van der Waals surface area contributed by atoms with E-state index in [1.165, 1.54) is 18.8 Å². The summed E-state index contributed by atoms with van der Waals surface area (Å²) < 4.78 is 0. The lowest BCUT2D eigenvalue weighted by molar-refractivity contribution is 0.412. The third-order valence-corrected chi connectivity index (χ3v) is 3.60. The maximum atomic E-state index is 5.75. The highest BCUT2D eigenvalue weighted by molar-refractivity contribution is 6.28. The van der Waals surface area contributed by atoms with Gasteiger partial charge in [-0.2, -0.15) is 4.98 Å². The Balaban J connectivity index is 1.90. The number of H-pyrrole nitrogens is 1. The Hall–Kier alpha value is -1.16. The average molecular weight is 250 g/mol. The number of halogens is 1. The van der Waals surface area contributed by atoms with Gasteiger partial charge in [-0.15, -0.1) is 0 Å². The van der Waals surface area contributed by atoms with Gasteiger partial charge in [0.2, 0.25) is 5.28 Å². The molecule has 1 aliphatic rings. The predicted molar refractivity (Wildman–Crippen MR) is 66.7 cm³/mol. The molecular formula is C12H14ClN4. The molecule has 4 nitrogen and oxygen atoms in total. The van der Waals surface area contributed by atoms with Crippen molar-refractivity contribution >= 4 is 22.8 Å². The molecule has 0 aliphatic heterocycles. The normalized spacial score (nSPS) is 18.9. The number of imidazole rings is 1. The van der Waals surface area contributed by atoms with E-state index in [-0.39, 0.29) is 5.28 Å². The monoisotopic (exact) mass is 249 g/mol. The van der Waals surface area contributed by atoms with Gasteiger partial charge in [0.1, 0.15) is 11.3 Å². The Morgan fingerprint density at radius 2 is 2.06 bits per heavy atom. The first-order valence-corrected chi connectivity index (χ1v) is 6.33. The number of hydrogen-bond acceptors (Lipinski definition) is 3. The SMILES string of the molecule is CC1CC[C](c2nc3nc(Cl)ncc3[nH]2)CC1. The summed E-state index contributed by atoms with van der Waals surface area (Å²) in [6, 6.07) is 0. The van der Waals surface area contributed by atoms with E-state index in [4.69, 9.17) is 11.6 Å². The van der Waals surface area contributed by atoms with Crippen LogP contribution in [0.3, 0.4) is 0 Å². The summed E-state index contributed by atoms with van der Waals surface area (Å²) in [7, 11) is 0. The Kier molecular flexibility index (Phi) is 2.74. The standard InChI is InChI=1S/C12H14ClN4/c1-7-2-4-8(5-3-7)10-15-9-6-14-12(13)17-11(9)16-10/h6-7H,2-5H2,1H3,(H,14,15,16,17). The molecule has 2 heterocycles. The second kappa shape index (κ2) is 4.26. The van der Waals surface area contributed by atoms with Gasteiger partial charge in [-0.25, -0.2) is 9.97 Å². The molecule has 0 amide bonds. The Morgan fingerprint density at radius 3 is 2.82 bits per heavy atom. The van der Waals surface area contributed by atoms with E-state index in [2.05, 4.69) is 26.9 Å². The van der Waals surface area contributed by atoms with Gasteiger partial charge in [0.15, 0.2) is 5.65 Å². The molecule has 1 radical (unpaired) electrons. The first-order valence-electron chi connectivity index (χ1n) is 5.95. The smallest absolute Gasteiger partial charge is 0.224 e. The molecule has 1 saturated carbocycles. The van der Waals surface area contributed by atoms with Crippen molar-refractivity contribution in [1.82, 2.24) is 19.9 Å². The molecule has 0 atom stereocenters. The largest absolute Gasteiger partial charge is 0.339 e. The second-order valence-electron chi connectivity index (χ2n) is 4.75. The molecule has 5 heteroatoms. The molecule has 1 N–H and O–H groups in total. The summed E-state index contributed by atoms with van der Waals surface area (Å²) in [6.45, 7) is 2.31. The lowest BCUT2D eigenvalue weighted by Gasteiger charge is -2.23. The topological polar surface area (TPSA) is 54.5 Å². The van der Waals surface area contributed by atoms with E-state index in [1.54, 1.807) is 6.20 Å². The van der Waals surface area contributed by atoms with Crippen LogP contribution in [0.4, 0.5) is 0 Å². The fraction of sp³-hybridized carbons (Fsp3) is 0.500. The summed E-state index contributed by atoms with van der Waals surface area (Å²) in [5, 5.41) is 0.248. The predicted octanol–water partition coefficient (Wildman–Crippen LogP) is 3.14. The molecule has 0 unspecified atom stereocenters. The van der Waals surface area contributed by atoms with E-state index < -0.39 is 0 Å². The fourth-order valence-electron chi connectivity index (χ4n) is 2.30. The summed E-state index contributed by atoms with van der Waals surface area (Å²) in [5.41, 5.74) is 1.52. The van der Waals surface area contributed by atoms with Crippen molar-refractivity contribution in [2.75, 3.05) is 0 Å². The minimum Gasteiger partial charge on any atom is -0.339 e. The van der Waals surface area contributed by atoms with Crippen molar-refractivity contribution in [3.8, 4) is 0 Å². The highest BCUT2D eigenvalue weighted by atomic mass is 35.5. The molecule has 1 fully saturated rings. The van der Waals surface area contributed by atoms with Gasteiger partial charge in [-0.1, -0.05) is 6.92 Å². The number of rotatable bonds is 1. The van der Waals surface area contributed by atoms with Gasteiger partial charge in [-0.05, 0) is 43.2 Å². The Bertz CT molecular complexity index is 528. The molecular weight excluding hydrogens is 236 g/mol. The number of fused-ring (bicyclic) bond motifs is 1. The maximum Gasteiger partial charge on any atom is 0.224 e. The van der Waals surface area contributed by atoms with Crippen LogP contribution in [0.5, 0.6) is 0 Å². The molecule has 17 heavy (non-hydrogen) atoms. The molecule has 1 aliphatic carbocycles. The van der Waals surface area contributed by atoms with Crippen LogP contribution in [-0.2, 0) is 0 Å². The van der Waals surface area contributed by atoms with E-state index in [1.807, 2.05) is 0 Å². The van der Waals surface area contributed by atoms with Gasteiger partial charge in [0.25, 0.3) is 0 Å². The van der Waals surface area contributed by atoms with Gasteiger partial charge >= 0.3 is 0 Å². The lowest BCUT2D eigenvalue weighted by Crippen LogP contribution is -2.12. The number of nitrogens with zero attached hydrogens (tertiary/aromatic N) is 3. The number of aromatic nitrogens is 4. The lowest BCUT2D eigenvalue weighted by atomic mass is 9.83. The molecule has 2 aromatic heterocycles. The van der Waals surface area contributed by atoms with Crippen molar-refractivity contribution in [1.29, 1.82) is 0 Å². The van der Waals surface area contributed by atoms with Crippen LogP contribution in [0, 0.1) is 11.8 Å². The zero-order valence-electron chi connectivity index (χ0n) is 9.70. The van der Waals surface area contributed by atoms with E-state index in [0.717, 1.165) is 30.1 Å². The van der Waals surface area contributed by atoms with Crippen LogP contribution in [0.2, 0.25) is 5.28 Å². The van der Waals surface area contributed by atoms with Crippen LogP contribution in [0.15, 0.2) is 6.20 Å². The molecule has 0 saturated heterocycles. The van der Waals surface area contributed by atoms with Crippen molar-refractivity contribution in [3.63, 3.8) is 0 Å². The van der Waals surface area contributed by atoms with Crippen LogP contribution < -0.4 is 0 Å². The first-order chi connectivity index (χ1) is 8.22. The second-order valence-corrected chi connectivity index (χ2v) is 5.09. The fourth-order valence-corrected chi connectivity index (χ4v) is 2.43. The molecule has 2 aromatic rings. The highest BCUT2D eigenvalue weighted by Gasteiger charge is 2.23. The first kappa shape index (κ1) is 11.0. The van der Waals surface area contributed by atoms with Gasteiger partial charge in [0.05, 0.1) is 6.20 Å². The van der Waals surface area contributed by atoms with Crippen molar-refractivity contribution < 1.29 is 0 Å². The summed E-state index contributed by atoms with van der Waals surface area (Å²) in [6.07, 6.45) is 6.44. The minimum absolute atomic E-state index is 0.248. The zero-order valence-corrected chi connectivity index (χ0v) is 10.5. The number of aromatic amines is 1. The average Bonchev–Trinajstić information content (AvgIpc) is 2.72. The molecule has 89 valence electrons. The van der Waals surface area contributed by atoms with Crippen molar-refractivity contribution in [3.05, 3.63) is 23.2 Å². The molecule has 0 bridgehead atoms. The summed E-state index contributed by atoms with van der Waals surface area (Å²) >= 11 is 5.75. The summed E-state index contributed by atoms with van der Waals surface area (Å²) in [4.78, 5) is 15.8. The van der Waals surface area contributed by atoms with Crippen LogP contribution in [0.25, 0.3) is 11.2 Å². The van der Waals surface area contributed by atoms with Gasteiger partial charge in [0, 0.05) is 5.92 Å². The third-order valence-electron chi connectivity index (χ3n) is 3.42. The van der Waals surface area contributed by atoms with Gasteiger partial charge < -0.3 is 4.98 Å². The third kappa shape index (κ3) is 2.14. The maximum absolute atomic E-state index is 5.75. The van der Waals surface area contributed by atoms with Gasteiger partial charge in [-0.3, -0.25) is 0 Å². The zero-order chi connectivity index (χ0) is 11.8. The van der Waals surface area contributed by atoms with Crippen molar-refractivity contribution in [2.24, 2.45) is 5.92 Å². The summed E-state index contributed by atoms with van der Waals surface area (Å²) in [5.74, 6) is 3.19. The number of nitrogens with one attached hydrogen (secondary N) is 1. The van der Waals surface area contributed by atoms with E-state index >= 15 is 0 Å². The molecule has 3 rings (SSSR count). The van der Waals surface area contributed by atoms with Crippen LogP contribution in [-0.4, -0.2) is 19.9 Å².